The summed E-state index contributed by atoms with van der Waals surface area (Å²) in [5, 5.41) is 4.43. The average Bonchev–Trinajstić information content (AvgIpc) is 3.92. The minimum Gasteiger partial charge on any atom is -0.493 e. The number of hydrogen-bond acceptors (Lipinski definition) is 9. The molecule has 48 heavy (non-hydrogen) atoms. The van der Waals surface area contributed by atoms with E-state index in [1.807, 2.05) is 24.3 Å². The summed E-state index contributed by atoms with van der Waals surface area (Å²) in [7, 11) is -0.818. The van der Waals surface area contributed by atoms with Gasteiger partial charge in [0.25, 0.3) is 5.91 Å². The lowest BCUT2D eigenvalue weighted by molar-refractivity contribution is -0.140. The van der Waals surface area contributed by atoms with Gasteiger partial charge in [0.05, 0.1) is 25.5 Å². The molecule has 4 aliphatic rings. The Hall–Kier alpha value is -3.87. The second-order valence-electron chi connectivity index (χ2n) is 14.4. The number of methoxy groups -OCH3 is 2. The quantitative estimate of drug-likeness (QED) is 0.415. The molecule has 1 aromatic carbocycles. The number of amides is 3. The fourth-order valence-electron chi connectivity index (χ4n) is 7.14. The Morgan fingerprint density at radius 3 is 2.52 bits per heavy atom. The van der Waals surface area contributed by atoms with Crippen LogP contribution in [0.1, 0.15) is 72.1 Å². The van der Waals surface area contributed by atoms with Crippen molar-refractivity contribution in [3.05, 3.63) is 36.5 Å². The lowest BCUT2D eigenvalue weighted by Gasteiger charge is -2.28. The summed E-state index contributed by atoms with van der Waals surface area (Å²) in [4.78, 5) is 47.7. The van der Waals surface area contributed by atoms with Crippen LogP contribution in [0, 0.1) is 17.8 Å². The first-order valence-electron chi connectivity index (χ1n) is 16.8. The van der Waals surface area contributed by atoms with E-state index < -0.39 is 44.3 Å². The highest BCUT2D eigenvalue weighted by Crippen LogP contribution is 2.47. The van der Waals surface area contributed by atoms with Crippen LogP contribution in [0.25, 0.3) is 10.8 Å². The first kappa shape index (κ1) is 34.0. The number of rotatable bonds is 7. The maximum Gasteiger partial charge on any atom is 0.259 e. The SMILES string of the molecule is COc1cc2ccnc(O[C@@H]3C[C@H]4C(=O)N[C@]5(C(=O)NS(=O)(=O)C6(C)CC6)CC5/C=C\CC[C@H](C)C[C@@H](C)CC(=O)N4C3)c2cc1OC. The van der Waals surface area contributed by atoms with Gasteiger partial charge in [0.1, 0.15) is 17.7 Å². The van der Waals surface area contributed by atoms with Crippen molar-refractivity contribution in [1.82, 2.24) is 19.9 Å². The summed E-state index contributed by atoms with van der Waals surface area (Å²) in [6.07, 6.45) is 9.20. The van der Waals surface area contributed by atoms with Gasteiger partial charge in [-0.3, -0.25) is 19.1 Å². The van der Waals surface area contributed by atoms with E-state index in [-0.39, 0.29) is 43.6 Å². The molecule has 3 heterocycles. The topological polar surface area (TPSA) is 153 Å². The number of nitrogens with one attached hydrogen (secondary N) is 2. The molecule has 2 aliphatic carbocycles. The zero-order chi connectivity index (χ0) is 34.4. The number of benzene rings is 1. The van der Waals surface area contributed by atoms with Crippen molar-refractivity contribution in [3.63, 3.8) is 0 Å². The van der Waals surface area contributed by atoms with Crippen LogP contribution in [0.4, 0.5) is 0 Å². The molecule has 2 saturated carbocycles. The first-order chi connectivity index (χ1) is 22.8. The number of carbonyl (C=O) groups is 3. The molecule has 3 amide bonds. The van der Waals surface area contributed by atoms with Crippen molar-refractivity contribution >= 4 is 38.5 Å². The van der Waals surface area contributed by atoms with E-state index >= 15 is 0 Å². The van der Waals surface area contributed by atoms with Crippen molar-refractivity contribution < 1.29 is 37.0 Å². The van der Waals surface area contributed by atoms with Crippen molar-refractivity contribution in [3.8, 4) is 17.4 Å². The predicted molar refractivity (Wildman–Crippen MR) is 179 cm³/mol. The van der Waals surface area contributed by atoms with Crippen LogP contribution in [0.2, 0.25) is 0 Å². The molecule has 13 heteroatoms. The van der Waals surface area contributed by atoms with Crippen molar-refractivity contribution in [2.24, 2.45) is 17.8 Å². The zero-order valence-electron chi connectivity index (χ0n) is 28.3. The minimum atomic E-state index is -3.92. The highest BCUT2D eigenvalue weighted by atomic mass is 32.2. The van der Waals surface area contributed by atoms with Gasteiger partial charge in [0, 0.05) is 30.3 Å². The third-order valence-electron chi connectivity index (χ3n) is 10.5. The molecule has 0 bridgehead atoms. The van der Waals surface area contributed by atoms with Crippen LogP contribution in [0.3, 0.4) is 0 Å². The summed E-state index contributed by atoms with van der Waals surface area (Å²) in [5.74, 6) is 0.0945. The molecule has 260 valence electrons. The largest absolute Gasteiger partial charge is 0.493 e. The average molecular weight is 683 g/mol. The standard InChI is InChI=1S/C35H46N4O8S/c1-21-8-6-7-9-24-19-35(24,33(42)38-48(43,44)34(3)11-12-34)37-31(41)27-17-25(20-39(27)30(40)15-22(2)14-21)47-32-26-18-29(46-5)28(45-4)16-23(26)10-13-36-32/h7,9-10,13,16,18,21-22,24-25,27H,6,8,11-12,14-15,17,19-20H2,1-5H3,(H,37,41)(H,38,42)/b9-7-/t21-,22+,24?,25+,27-,35+/m0/s1. The molecule has 0 radical (unpaired) electrons. The van der Waals surface area contributed by atoms with Crippen molar-refractivity contribution in [2.75, 3.05) is 20.8 Å². The fraction of sp³-hybridized carbons (Fsp3) is 0.600. The van der Waals surface area contributed by atoms with Crippen LogP contribution >= 0.6 is 0 Å². The summed E-state index contributed by atoms with van der Waals surface area (Å²) in [6.45, 7) is 5.99. The Morgan fingerprint density at radius 2 is 1.81 bits per heavy atom. The molecule has 1 unspecified atom stereocenters. The first-order valence-corrected chi connectivity index (χ1v) is 18.3. The van der Waals surface area contributed by atoms with Gasteiger partial charge in [-0.25, -0.2) is 13.4 Å². The second kappa shape index (κ2) is 12.9. The van der Waals surface area contributed by atoms with E-state index in [1.54, 1.807) is 38.3 Å². The van der Waals surface area contributed by atoms with Crippen molar-refractivity contribution in [1.29, 1.82) is 0 Å². The third kappa shape index (κ3) is 6.57. The van der Waals surface area contributed by atoms with E-state index in [1.165, 1.54) is 0 Å². The van der Waals surface area contributed by atoms with Gasteiger partial charge in [-0.15, -0.1) is 0 Å². The number of allylic oxidation sites excluding steroid dienone is 1. The minimum absolute atomic E-state index is 0.104. The zero-order valence-corrected chi connectivity index (χ0v) is 29.1. The molecule has 2 aromatic rings. The highest BCUT2D eigenvalue weighted by molar-refractivity contribution is 7.91. The number of hydrogen-bond donors (Lipinski definition) is 2. The molecule has 2 aliphatic heterocycles. The summed E-state index contributed by atoms with van der Waals surface area (Å²) < 4.78 is 44.7. The number of nitrogens with zero attached hydrogens (tertiary/aromatic N) is 2. The predicted octanol–water partition coefficient (Wildman–Crippen LogP) is 3.88. The van der Waals surface area contributed by atoms with Crippen LogP contribution in [-0.4, -0.2) is 79.2 Å². The number of sulfonamides is 1. The third-order valence-corrected chi connectivity index (χ3v) is 12.7. The summed E-state index contributed by atoms with van der Waals surface area (Å²) in [5.41, 5.74) is -1.43. The molecule has 1 aromatic heterocycles. The van der Waals surface area contributed by atoms with Crippen LogP contribution in [0.5, 0.6) is 17.4 Å². The van der Waals surface area contributed by atoms with Gasteiger partial charge in [0.2, 0.25) is 27.7 Å². The van der Waals surface area contributed by atoms with Crippen LogP contribution in [0.15, 0.2) is 36.5 Å². The molecule has 6 atom stereocenters. The maximum absolute atomic E-state index is 14.1. The lowest BCUT2D eigenvalue weighted by Crippen LogP contribution is -2.57. The van der Waals surface area contributed by atoms with E-state index in [0.29, 0.717) is 41.5 Å². The van der Waals surface area contributed by atoms with E-state index in [2.05, 4.69) is 28.9 Å². The Kier molecular flexibility index (Phi) is 9.12. The second-order valence-corrected chi connectivity index (χ2v) is 16.6. The summed E-state index contributed by atoms with van der Waals surface area (Å²) >= 11 is 0. The van der Waals surface area contributed by atoms with Crippen LogP contribution < -0.4 is 24.2 Å². The molecule has 2 N–H and O–H groups in total. The Balaban J connectivity index is 1.29. The number of pyridine rings is 1. The molecule has 1 saturated heterocycles. The normalized spacial score (nSPS) is 30.9. The molecule has 12 nitrogen and oxygen atoms in total. The van der Waals surface area contributed by atoms with Gasteiger partial charge in [-0.2, -0.15) is 0 Å². The molecule has 3 fully saturated rings. The smallest absolute Gasteiger partial charge is 0.259 e. The summed E-state index contributed by atoms with van der Waals surface area (Å²) in [6, 6.07) is 4.52. The molecular weight excluding hydrogens is 636 g/mol. The Bertz CT molecular complexity index is 1740. The van der Waals surface area contributed by atoms with E-state index in [4.69, 9.17) is 14.2 Å². The number of aromatic nitrogens is 1. The maximum atomic E-state index is 14.1. The molecular formula is C35H46N4O8S. The number of fused-ring (bicyclic) bond motifs is 3. The van der Waals surface area contributed by atoms with Crippen LogP contribution in [-0.2, 0) is 24.4 Å². The molecule has 6 rings (SSSR count). The van der Waals surface area contributed by atoms with Gasteiger partial charge >= 0.3 is 0 Å². The van der Waals surface area contributed by atoms with E-state index in [0.717, 1.165) is 24.6 Å². The lowest BCUT2D eigenvalue weighted by atomic mass is 9.91. The molecule has 0 spiro atoms. The van der Waals surface area contributed by atoms with Crippen molar-refractivity contribution in [2.45, 2.75) is 94.6 Å². The number of ether oxygens (including phenoxy) is 3. The van der Waals surface area contributed by atoms with Gasteiger partial charge in [-0.1, -0.05) is 26.0 Å². The van der Waals surface area contributed by atoms with Gasteiger partial charge < -0.3 is 24.4 Å². The monoisotopic (exact) mass is 682 g/mol. The van der Waals surface area contributed by atoms with E-state index in [9.17, 15) is 22.8 Å². The van der Waals surface area contributed by atoms with Gasteiger partial charge in [0.15, 0.2) is 11.5 Å². The Labute approximate surface area is 282 Å². The van der Waals surface area contributed by atoms with Gasteiger partial charge in [-0.05, 0) is 80.9 Å². The number of carbonyl (C=O) groups excluding carboxylic acids is 3. The fourth-order valence-corrected chi connectivity index (χ4v) is 8.45. The highest BCUT2D eigenvalue weighted by Gasteiger charge is 2.63. The Morgan fingerprint density at radius 1 is 1.08 bits per heavy atom.